The molecule has 50 heavy (non-hydrogen) atoms. The number of aromatic nitrogens is 5. The Kier molecular flexibility index (Phi) is 8.95. The van der Waals surface area contributed by atoms with Gasteiger partial charge in [0.15, 0.2) is 0 Å². The number of piperidine rings is 1. The summed E-state index contributed by atoms with van der Waals surface area (Å²) in [5.74, 6) is 0. The van der Waals surface area contributed by atoms with Crippen LogP contribution in [-0.2, 0) is 35.7 Å². The second-order valence-corrected chi connectivity index (χ2v) is 15.2. The first kappa shape index (κ1) is 34.2. The van der Waals surface area contributed by atoms with E-state index in [1.54, 1.807) is 21.6 Å². The number of rotatable bonds is 8. The molecule has 11 nitrogen and oxygen atoms in total. The average Bonchev–Trinajstić information content (AvgIpc) is 3.59. The Bertz CT molecular complexity index is 2190. The van der Waals surface area contributed by atoms with Gasteiger partial charge in [-0.15, -0.1) is 0 Å². The van der Waals surface area contributed by atoms with Crippen LogP contribution in [0.5, 0.6) is 0 Å². The van der Waals surface area contributed by atoms with Gasteiger partial charge >= 0.3 is 11.9 Å². The predicted octanol–water partition coefficient (Wildman–Crippen LogP) is 4.39. The molecule has 1 unspecified atom stereocenters. The van der Waals surface area contributed by atoms with E-state index < -0.39 is 27.9 Å². The summed E-state index contributed by atoms with van der Waals surface area (Å²) in [6, 6.07) is 14.2. The van der Waals surface area contributed by atoms with Crippen LogP contribution in [0.15, 0.2) is 71.8 Å². The summed E-state index contributed by atoms with van der Waals surface area (Å²) in [6.07, 6.45) is 0.954. The Hall–Kier alpha value is -4.31. The number of halogens is 3. The van der Waals surface area contributed by atoms with E-state index in [4.69, 9.17) is 5.10 Å². The third-order valence-electron chi connectivity index (χ3n) is 9.85. The molecule has 2 aliphatic rings. The van der Waals surface area contributed by atoms with E-state index >= 15 is 0 Å². The minimum Gasteiger partial charge on any atom is -0.390 e. The number of para-hydroxylation sites is 1. The maximum Gasteiger partial charge on any atom is 0.416 e. The number of imidazole rings is 1. The lowest BCUT2D eigenvalue weighted by Crippen LogP contribution is -2.42. The van der Waals surface area contributed by atoms with Crippen LogP contribution >= 0.6 is 0 Å². The van der Waals surface area contributed by atoms with Crippen molar-refractivity contribution in [3.05, 3.63) is 99.9 Å². The number of aryl methyl sites for hydroxylation is 1. The highest BCUT2D eigenvalue weighted by molar-refractivity contribution is 7.88. The fourth-order valence-corrected chi connectivity index (χ4v) is 8.17. The van der Waals surface area contributed by atoms with Crippen molar-refractivity contribution in [1.82, 2.24) is 33.1 Å². The fourth-order valence-electron chi connectivity index (χ4n) is 7.39. The van der Waals surface area contributed by atoms with Crippen LogP contribution < -0.4 is 5.69 Å². The molecule has 0 radical (unpaired) electrons. The fraction of sp³-hybridized carbons (Fsp3) is 0.400. The molecule has 1 saturated heterocycles. The van der Waals surface area contributed by atoms with Gasteiger partial charge in [0, 0.05) is 74.4 Å². The quantitative estimate of drug-likeness (QED) is 0.254. The van der Waals surface area contributed by atoms with E-state index in [-0.39, 0.29) is 31.4 Å². The summed E-state index contributed by atoms with van der Waals surface area (Å²) < 4.78 is 71.2. The van der Waals surface area contributed by atoms with Crippen LogP contribution in [0, 0.1) is 6.92 Å². The maximum absolute atomic E-state index is 13.9. The molecular weight excluding hydrogens is 671 g/mol. The van der Waals surface area contributed by atoms with E-state index in [0.717, 1.165) is 46.4 Å². The van der Waals surface area contributed by atoms with Crippen LogP contribution in [0.25, 0.3) is 28.0 Å². The van der Waals surface area contributed by atoms with Crippen molar-refractivity contribution in [2.24, 2.45) is 0 Å². The molecule has 0 aliphatic carbocycles. The van der Waals surface area contributed by atoms with Crippen LogP contribution in [0.3, 0.4) is 0 Å². The number of sulfonamides is 1. The molecule has 2 aliphatic heterocycles. The molecule has 1 N–H and O–H groups in total. The highest BCUT2D eigenvalue weighted by Crippen LogP contribution is 2.35. The first-order valence-electron chi connectivity index (χ1n) is 16.5. The summed E-state index contributed by atoms with van der Waals surface area (Å²) >= 11 is 0. The molecular formula is C35H38F3N7O4S. The molecule has 5 heterocycles. The van der Waals surface area contributed by atoms with E-state index in [1.807, 2.05) is 41.8 Å². The molecule has 264 valence electrons. The van der Waals surface area contributed by atoms with Crippen molar-refractivity contribution < 1.29 is 26.7 Å². The van der Waals surface area contributed by atoms with E-state index in [2.05, 4.69) is 9.88 Å². The van der Waals surface area contributed by atoms with Gasteiger partial charge in [-0.3, -0.25) is 18.8 Å². The minimum atomic E-state index is -4.49. The number of hydrogen-bond donors (Lipinski definition) is 1. The first-order valence-corrected chi connectivity index (χ1v) is 18.4. The Labute approximate surface area is 287 Å². The van der Waals surface area contributed by atoms with Gasteiger partial charge in [0.05, 0.1) is 46.9 Å². The number of alkyl halides is 3. The van der Waals surface area contributed by atoms with E-state index in [9.17, 15) is 31.5 Å². The lowest BCUT2D eigenvalue weighted by Gasteiger charge is -2.33. The average molecular weight is 710 g/mol. The number of nitrogens with zero attached hydrogens (tertiary/aromatic N) is 7. The smallest absolute Gasteiger partial charge is 0.390 e. The van der Waals surface area contributed by atoms with Gasteiger partial charge in [0.1, 0.15) is 0 Å². The van der Waals surface area contributed by atoms with Crippen LogP contribution in [0.4, 0.5) is 13.2 Å². The Balaban J connectivity index is 1.08. The molecule has 5 aromatic rings. The molecule has 0 amide bonds. The second kappa shape index (κ2) is 13.1. The highest BCUT2D eigenvalue weighted by Gasteiger charge is 2.33. The predicted molar refractivity (Wildman–Crippen MR) is 182 cm³/mol. The topological polar surface area (TPSA) is 118 Å². The number of pyridine rings is 1. The zero-order chi connectivity index (χ0) is 35.4. The number of aliphatic hydroxyl groups is 1. The number of hydrogen-bond acceptors (Lipinski definition) is 7. The molecule has 2 aromatic carbocycles. The number of aliphatic hydroxyl groups excluding tert-OH is 1. The van der Waals surface area contributed by atoms with Gasteiger partial charge in [-0.2, -0.15) is 22.6 Å². The van der Waals surface area contributed by atoms with Crippen LogP contribution in [0.2, 0.25) is 0 Å². The van der Waals surface area contributed by atoms with Gasteiger partial charge in [-0.25, -0.2) is 13.2 Å². The number of fused-ring (bicyclic) bond motifs is 2. The second-order valence-electron chi connectivity index (χ2n) is 13.2. The molecule has 1 atom stereocenters. The van der Waals surface area contributed by atoms with Crippen LogP contribution in [0.1, 0.15) is 41.3 Å². The summed E-state index contributed by atoms with van der Waals surface area (Å²) in [4.78, 5) is 20.2. The summed E-state index contributed by atoms with van der Waals surface area (Å²) in [6.45, 7) is 4.12. The third kappa shape index (κ3) is 6.50. The normalized spacial score (nSPS) is 17.3. The van der Waals surface area contributed by atoms with Gasteiger partial charge in [0.2, 0.25) is 10.0 Å². The van der Waals surface area contributed by atoms with Crippen molar-refractivity contribution in [2.45, 2.75) is 57.6 Å². The van der Waals surface area contributed by atoms with Gasteiger partial charge in [0.25, 0.3) is 0 Å². The molecule has 3 aromatic heterocycles. The maximum atomic E-state index is 13.9. The zero-order valence-electron chi connectivity index (χ0n) is 27.7. The van der Waals surface area contributed by atoms with E-state index in [0.29, 0.717) is 55.7 Å². The third-order valence-corrected chi connectivity index (χ3v) is 11.1. The monoisotopic (exact) mass is 709 g/mol. The summed E-state index contributed by atoms with van der Waals surface area (Å²) in [7, 11) is -3.52. The van der Waals surface area contributed by atoms with Crippen molar-refractivity contribution in [2.75, 3.05) is 32.4 Å². The van der Waals surface area contributed by atoms with Gasteiger partial charge < -0.3 is 10.0 Å². The molecule has 1 fully saturated rings. The highest BCUT2D eigenvalue weighted by atomic mass is 32.2. The number of benzene rings is 2. The number of β-amino-alcohol motifs (C(OH)–C–C–N with tert-alkyl or cyclic N) is 1. The molecule has 0 saturated carbocycles. The van der Waals surface area contributed by atoms with Crippen molar-refractivity contribution >= 4 is 21.1 Å². The van der Waals surface area contributed by atoms with Crippen LogP contribution in [-0.4, -0.2) is 85.2 Å². The lowest BCUT2D eigenvalue weighted by molar-refractivity contribution is -0.137. The Morgan fingerprint density at radius 1 is 0.980 bits per heavy atom. The summed E-state index contributed by atoms with van der Waals surface area (Å²) in [5.41, 5.74) is 4.87. The largest absolute Gasteiger partial charge is 0.416 e. The molecule has 15 heteroatoms. The minimum absolute atomic E-state index is 0.0227. The van der Waals surface area contributed by atoms with Gasteiger partial charge in [-0.1, -0.05) is 24.3 Å². The number of likely N-dealkylation sites (tertiary alicyclic amines) is 1. The van der Waals surface area contributed by atoms with Crippen molar-refractivity contribution in [3.63, 3.8) is 0 Å². The molecule has 0 bridgehead atoms. The Morgan fingerprint density at radius 2 is 1.68 bits per heavy atom. The van der Waals surface area contributed by atoms with E-state index in [1.165, 1.54) is 16.4 Å². The summed E-state index contributed by atoms with van der Waals surface area (Å²) in [5, 5.41) is 16.0. The SMILES string of the molecule is Cc1cccc2c1n(-c1ccncc1)c(=O)n2C1CCN(CC(O)Cn2nc(-c3ccc(C(F)(F)F)cc3)c3c2CCN(S(C)(=O)=O)C3)CC1. The lowest BCUT2D eigenvalue weighted by atomic mass is 10.0. The van der Waals surface area contributed by atoms with Crippen molar-refractivity contribution in [1.29, 1.82) is 0 Å². The standard InChI is InChI=1S/C35H38F3N7O4S/c1-23-4-3-5-31-33(23)45(26-10-15-39-16-11-26)34(47)44(31)27-12-17-41(18-13-27)20-28(46)21-43-30-14-19-42(50(2,48)49)22-29(30)32(40-43)24-6-8-25(9-7-24)35(36,37)38/h3-11,15-16,27-28,46H,12-14,17-22H2,1-2H3. The molecule has 7 rings (SSSR count). The van der Waals surface area contributed by atoms with Crippen molar-refractivity contribution in [3.8, 4) is 16.9 Å². The first-order chi connectivity index (χ1) is 23.8. The molecule has 0 spiro atoms. The zero-order valence-corrected chi connectivity index (χ0v) is 28.5. The Morgan fingerprint density at radius 3 is 2.34 bits per heavy atom. The van der Waals surface area contributed by atoms with Gasteiger partial charge in [-0.05, 0) is 55.7 Å².